The quantitative estimate of drug-likeness (QED) is 0.439. The third kappa shape index (κ3) is 6.28. The van der Waals surface area contributed by atoms with Crippen molar-refractivity contribution < 1.29 is 0 Å². The van der Waals surface area contributed by atoms with Crippen LogP contribution in [0.5, 0.6) is 0 Å². The fourth-order valence-corrected chi connectivity index (χ4v) is 1.95. The van der Waals surface area contributed by atoms with Gasteiger partial charge >= 0.3 is 0 Å². The van der Waals surface area contributed by atoms with E-state index >= 15 is 0 Å². The molecule has 1 unspecified atom stereocenters. The van der Waals surface area contributed by atoms with E-state index in [-0.39, 0.29) is 0 Å². The third-order valence-electron chi connectivity index (χ3n) is 3.54. The van der Waals surface area contributed by atoms with Crippen molar-refractivity contribution in [2.45, 2.75) is 53.1 Å². The van der Waals surface area contributed by atoms with Gasteiger partial charge in [0.05, 0.1) is 0 Å². The van der Waals surface area contributed by atoms with Crippen LogP contribution < -0.4 is 10.6 Å². The normalized spacial score (nSPS) is 13.3. The molecule has 1 heterocycles. The van der Waals surface area contributed by atoms with Crippen LogP contribution in [0, 0.1) is 12.8 Å². The number of aliphatic imine (C=N–C) groups is 1. The first kappa shape index (κ1) is 18.2. The lowest BCUT2D eigenvalue weighted by Crippen LogP contribution is -2.42. The monoisotopic (exact) mass is 306 g/mol. The molecule has 0 aliphatic rings. The molecule has 0 amide bonds. The van der Waals surface area contributed by atoms with Gasteiger partial charge in [0.15, 0.2) is 11.8 Å². The second-order valence-electron chi connectivity index (χ2n) is 6.07. The van der Waals surface area contributed by atoms with E-state index < -0.39 is 0 Å². The smallest absolute Gasteiger partial charge is 0.192 e. The van der Waals surface area contributed by atoms with Gasteiger partial charge in [-0.1, -0.05) is 19.9 Å². The molecule has 2 N–H and O–H groups in total. The van der Waals surface area contributed by atoms with Gasteiger partial charge in [0.1, 0.15) is 12.4 Å². The van der Waals surface area contributed by atoms with Crippen molar-refractivity contribution >= 4 is 5.96 Å². The average Bonchev–Trinajstić information content (AvgIpc) is 2.79. The van der Waals surface area contributed by atoms with E-state index in [1.165, 1.54) is 6.42 Å². The summed E-state index contributed by atoms with van der Waals surface area (Å²) in [5.74, 6) is 3.25. The highest BCUT2D eigenvalue weighted by Crippen LogP contribution is 2.06. The van der Waals surface area contributed by atoms with Crippen LogP contribution in [0.3, 0.4) is 0 Å². The first-order valence-corrected chi connectivity index (χ1v) is 7.94. The lowest BCUT2D eigenvalue weighted by Gasteiger charge is -2.18. The summed E-state index contributed by atoms with van der Waals surface area (Å²) in [7, 11) is 1.95. The van der Waals surface area contributed by atoms with Gasteiger partial charge < -0.3 is 15.2 Å². The Bertz CT molecular complexity index is 489. The van der Waals surface area contributed by atoms with E-state index in [2.05, 4.69) is 53.2 Å². The van der Waals surface area contributed by atoms with Crippen molar-refractivity contribution in [3.05, 3.63) is 24.3 Å². The van der Waals surface area contributed by atoms with Gasteiger partial charge in [-0.3, -0.25) is 0 Å². The average molecular weight is 306 g/mol. The molecule has 0 saturated carbocycles. The van der Waals surface area contributed by atoms with Gasteiger partial charge in [-0.05, 0) is 32.6 Å². The number of nitrogens with zero attached hydrogens (tertiary/aromatic N) is 4. The summed E-state index contributed by atoms with van der Waals surface area (Å²) in [6.07, 6.45) is 4.14. The molecule has 0 aliphatic carbocycles. The third-order valence-corrected chi connectivity index (χ3v) is 3.54. The maximum absolute atomic E-state index is 4.60. The van der Waals surface area contributed by atoms with Gasteiger partial charge in [0.25, 0.3) is 0 Å². The lowest BCUT2D eigenvalue weighted by atomic mass is 10.0. The van der Waals surface area contributed by atoms with Gasteiger partial charge in [-0.15, -0.1) is 16.8 Å². The second-order valence-corrected chi connectivity index (χ2v) is 6.07. The Hall–Kier alpha value is -1.85. The Morgan fingerprint density at radius 1 is 1.32 bits per heavy atom. The molecule has 1 rings (SSSR count). The van der Waals surface area contributed by atoms with E-state index in [1.807, 2.05) is 24.6 Å². The number of rotatable bonds is 8. The zero-order valence-electron chi connectivity index (χ0n) is 14.6. The Kier molecular flexibility index (Phi) is 7.63. The minimum Gasteiger partial charge on any atom is -0.354 e. The molecule has 124 valence electrons. The van der Waals surface area contributed by atoms with Crippen LogP contribution in [0.4, 0.5) is 0 Å². The zero-order valence-corrected chi connectivity index (χ0v) is 14.6. The van der Waals surface area contributed by atoms with Gasteiger partial charge in [-0.2, -0.15) is 0 Å². The molecule has 0 aliphatic heterocycles. The molecule has 1 aromatic rings. The molecule has 0 radical (unpaired) electrons. The van der Waals surface area contributed by atoms with Crippen molar-refractivity contribution in [1.82, 2.24) is 25.4 Å². The Morgan fingerprint density at radius 2 is 2.05 bits per heavy atom. The van der Waals surface area contributed by atoms with Gasteiger partial charge in [0, 0.05) is 19.6 Å². The molecular weight excluding hydrogens is 276 g/mol. The number of hydrogen-bond acceptors (Lipinski definition) is 3. The number of guanidine groups is 1. The minimum atomic E-state index is 0.375. The largest absolute Gasteiger partial charge is 0.354 e. The van der Waals surface area contributed by atoms with Crippen molar-refractivity contribution in [2.24, 2.45) is 18.0 Å². The first-order valence-electron chi connectivity index (χ1n) is 7.94. The van der Waals surface area contributed by atoms with E-state index in [0.29, 0.717) is 25.0 Å². The number of nitrogens with one attached hydrogen (secondary N) is 2. The molecule has 6 nitrogen and oxygen atoms in total. The predicted octanol–water partition coefficient (Wildman–Crippen LogP) is 2.17. The first-order chi connectivity index (χ1) is 10.4. The fraction of sp³-hybridized carbons (Fsp3) is 0.688. The van der Waals surface area contributed by atoms with Crippen LogP contribution in [0.25, 0.3) is 0 Å². The van der Waals surface area contributed by atoms with E-state index in [0.717, 1.165) is 24.0 Å². The molecule has 1 aromatic heterocycles. The molecular formula is C16H30N6. The van der Waals surface area contributed by atoms with Gasteiger partial charge in [-0.25, -0.2) is 4.99 Å². The number of aromatic nitrogens is 3. The summed E-state index contributed by atoms with van der Waals surface area (Å²) in [6.45, 7) is 13.5. The Morgan fingerprint density at radius 3 is 2.59 bits per heavy atom. The van der Waals surface area contributed by atoms with E-state index in [4.69, 9.17) is 0 Å². The van der Waals surface area contributed by atoms with E-state index in [9.17, 15) is 0 Å². The second kappa shape index (κ2) is 9.23. The summed E-state index contributed by atoms with van der Waals surface area (Å²) < 4.78 is 1.96. The highest BCUT2D eigenvalue weighted by atomic mass is 15.3. The van der Waals surface area contributed by atoms with Crippen LogP contribution in [0.1, 0.15) is 45.3 Å². The molecule has 0 bridgehead atoms. The molecule has 0 saturated heterocycles. The lowest BCUT2D eigenvalue weighted by molar-refractivity contribution is 0.489. The van der Waals surface area contributed by atoms with E-state index in [1.54, 1.807) is 0 Å². The van der Waals surface area contributed by atoms with Crippen LogP contribution >= 0.6 is 0 Å². The highest BCUT2D eigenvalue weighted by molar-refractivity contribution is 5.80. The zero-order chi connectivity index (χ0) is 16.5. The topological polar surface area (TPSA) is 67.1 Å². The van der Waals surface area contributed by atoms with Crippen LogP contribution in [-0.2, 0) is 13.6 Å². The minimum absolute atomic E-state index is 0.375. The van der Waals surface area contributed by atoms with Crippen molar-refractivity contribution in [3.8, 4) is 0 Å². The summed E-state index contributed by atoms with van der Waals surface area (Å²) in [6, 6.07) is 0.375. The molecule has 0 spiro atoms. The number of hydrogen-bond donors (Lipinski definition) is 2. The summed E-state index contributed by atoms with van der Waals surface area (Å²) in [4.78, 5) is 4.60. The summed E-state index contributed by atoms with van der Waals surface area (Å²) in [5.41, 5.74) is 0. The van der Waals surface area contributed by atoms with Crippen molar-refractivity contribution in [1.29, 1.82) is 0 Å². The molecule has 0 fully saturated rings. The standard InChI is InChI=1S/C16H30N6/c1-7-10-17-16(19-13(4)9-8-12(2)3)18-11-15-21-20-14(5)22(15)6/h7,12-13H,1,8-11H2,2-6H3,(H2,17,18,19). The molecule has 6 heteroatoms. The SMILES string of the molecule is C=CCNC(=NCc1nnc(C)n1C)NC(C)CCC(C)C. The molecule has 22 heavy (non-hydrogen) atoms. The highest BCUT2D eigenvalue weighted by Gasteiger charge is 2.08. The Balaban J connectivity index is 2.64. The Labute approximate surface area is 134 Å². The van der Waals surface area contributed by atoms with Crippen LogP contribution in [0.15, 0.2) is 17.6 Å². The van der Waals surface area contributed by atoms with Crippen molar-refractivity contribution in [3.63, 3.8) is 0 Å². The van der Waals surface area contributed by atoms with Gasteiger partial charge in [0.2, 0.25) is 0 Å². The number of aryl methyl sites for hydroxylation is 1. The predicted molar refractivity (Wildman–Crippen MR) is 91.7 cm³/mol. The maximum atomic E-state index is 4.60. The maximum Gasteiger partial charge on any atom is 0.192 e. The van der Waals surface area contributed by atoms with Crippen molar-refractivity contribution in [2.75, 3.05) is 6.54 Å². The fourth-order valence-electron chi connectivity index (χ4n) is 1.95. The molecule has 0 aromatic carbocycles. The van der Waals surface area contributed by atoms with Crippen LogP contribution in [-0.4, -0.2) is 33.3 Å². The summed E-state index contributed by atoms with van der Waals surface area (Å²) in [5, 5.41) is 14.9. The summed E-state index contributed by atoms with van der Waals surface area (Å²) >= 11 is 0. The molecule has 1 atom stereocenters. The van der Waals surface area contributed by atoms with Crippen LogP contribution in [0.2, 0.25) is 0 Å².